The summed E-state index contributed by atoms with van der Waals surface area (Å²) in [6.45, 7) is 0.643. The van der Waals surface area contributed by atoms with Crippen molar-refractivity contribution in [3.63, 3.8) is 0 Å². The number of hydrogen-bond donors (Lipinski definition) is 3. The molecule has 5 nitrogen and oxygen atoms in total. The lowest BCUT2D eigenvalue weighted by atomic mass is 10.2. The van der Waals surface area contributed by atoms with Gasteiger partial charge < -0.3 is 17.2 Å². The quantitative estimate of drug-likeness (QED) is 0.708. The minimum absolute atomic E-state index is 0. The topological polar surface area (TPSA) is 104 Å². The number of rotatable bonds is 3. The first kappa shape index (κ1) is 15.7. The van der Waals surface area contributed by atoms with Gasteiger partial charge >= 0.3 is 0 Å². The van der Waals surface area contributed by atoms with E-state index in [1.165, 1.54) is 0 Å². The fraction of sp³-hybridized carbons (Fsp3) is 0.429. The summed E-state index contributed by atoms with van der Waals surface area (Å²) in [4.78, 5) is 7.67. The Hall–Kier alpha value is -0.780. The molecule has 0 atom stereocenters. The summed E-state index contributed by atoms with van der Waals surface area (Å²) < 4.78 is 0. The van der Waals surface area contributed by atoms with Crippen LogP contribution in [-0.2, 0) is 6.42 Å². The number of aryl methyl sites for hydroxylation is 1. The molecular weight excluding hydrogens is 225 g/mol. The molecule has 0 aliphatic carbocycles. The van der Waals surface area contributed by atoms with Crippen molar-refractivity contribution in [3.05, 3.63) is 11.8 Å². The van der Waals surface area contributed by atoms with Crippen molar-refractivity contribution in [3.8, 4) is 0 Å². The molecule has 0 bridgehead atoms. The molecule has 0 radical (unpaired) electrons. The summed E-state index contributed by atoms with van der Waals surface area (Å²) in [6.07, 6.45) is 3.34. The lowest BCUT2D eigenvalue weighted by Crippen LogP contribution is -2.06. The van der Waals surface area contributed by atoms with Crippen LogP contribution in [0.4, 0.5) is 11.8 Å². The number of nitrogen functional groups attached to an aromatic ring is 2. The first-order valence-electron chi connectivity index (χ1n) is 3.81. The van der Waals surface area contributed by atoms with Gasteiger partial charge in [-0.25, -0.2) is 4.98 Å². The number of aromatic nitrogens is 2. The van der Waals surface area contributed by atoms with Crippen LogP contribution in [-0.4, -0.2) is 16.5 Å². The Morgan fingerprint density at radius 2 is 1.86 bits per heavy atom. The van der Waals surface area contributed by atoms with Crippen molar-refractivity contribution in [1.29, 1.82) is 0 Å². The number of halogens is 2. The maximum absolute atomic E-state index is 5.59. The summed E-state index contributed by atoms with van der Waals surface area (Å²) in [6, 6.07) is 0. The van der Waals surface area contributed by atoms with Crippen LogP contribution in [0.2, 0.25) is 0 Å². The van der Waals surface area contributed by atoms with E-state index in [-0.39, 0.29) is 30.8 Å². The van der Waals surface area contributed by atoms with Crippen molar-refractivity contribution in [1.82, 2.24) is 9.97 Å². The highest BCUT2D eigenvalue weighted by Crippen LogP contribution is 2.09. The maximum Gasteiger partial charge on any atom is 0.221 e. The van der Waals surface area contributed by atoms with Gasteiger partial charge in [-0.2, -0.15) is 4.98 Å². The average Bonchev–Trinajstić information content (AvgIpc) is 2.03. The van der Waals surface area contributed by atoms with Gasteiger partial charge in [0.2, 0.25) is 5.95 Å². The van der Waals surface area contributed by atoms with E-state index in [4.69, 9.17) is 17.2 Å². The van der Waals surface area contributed by atoms with Crippen LogP contribution >= 0.6 is 24.8 Å². The van der Waals surface area contributed by atoms with E-state index in [9.17, 15) is 0 Å². The Bertz CT molecular complexity index is 268. The second kappa shape index (κ2) is 7.61. The Kier molecular flexibility index (Phi) is 8.52. The highest BCUT2D eigenvalue weighted by atomic mass is 35.5. The van der Waals surface area contributed by atoms with E-state index in [2.05, 4.69) is 9.97 Å². The molecule has 0 saturated heterocycles. The first-order chi connectivity index (χ1) is 5.74. The lowest BCUT2D eigenvalue weighted by Gasteiger charge is -2.02. The number of nitrogens with two attached hydrogens (primary N) is 3. The van der Waals surface area contributed by atoms with Crippen LogP contribution in [0, 0.1) is 0 Å². The van der Waals surface area contributed by atoms with Crippen molar-refractivity contribution in [2.45, 2.75) is 12.8 Å². The highest BCUT2D eigenvalue weighted by molar-refractivity contribution is 5.85. The van der Waals surface area contributed by atoms with Gasteiger partial charge in [-0.15, -0.1) is 24.8 Å². The third-order valence-corrected chi connectivity index (χ3v) is 1.57. The summed E-state index contributed by atoms with van der Waals surface area (Å²) >= 11 is 0. The van der Waals surface area contributed by atoms with Gasteiger partial charge in [-0.1, -0.05) is 0 Å². The second-order valence-electron chi connectivity index (χ2n) is 2.53. The van der Waals surface area contributed by atoms with Crippen LogP contribution in [0.1, 0.15) is 12.0 Å². The molecule has 14 heavy (non-hydrogen) atoms. The van der Waals surface area contributed by atoms with Gasteiger partial charge in [0.1, 0.15) is 5.82 Å². The van der Waals surface area contributed by atoms with E-state index in [0.29, 0.717) is 12.4 Å². The van der Waals surface area contributed by atoms with Gasteiger partial charge in [0.15, 0.2) is 0 Å². The molecule has 1 rings (SSSR count). The third-order valence-electron chi connectivity index (χ3n) is 1.57. The van der Waals surface area contributed by atoms with Crippen LogP contribution in [0.25, 0.3) is 0 Å². The molecule has 0 aromatic carbocycles. The fourth-order valence-electron chi connectivity index (χ4n) is 0.919. The highest BCUT2D eigenvalue weighted by Gasteiger charge is 2.00. The van der Waals surface area contributed by atoms with Gasteiger partial charge in [0, 0.05) is 11.8 Å². The molecule has 0 saturated carbocycles. The zero-order valence-electron chi connectivity index (χ0n) is 7.64. The number of hydrogen-bond acceptors (Lipinski definition) is 5. The molecule has 0 amide bonds. The van der Waals surface area contributed by atoms with Gasteiger partial charge in [-0.3, -0.25) is 0 Å². The van der Waals surface area contributed by atoms with Crippen molar-refractivity contribution in [2.75, 3.05) is 18.0 Å². The summed E-state index contributed by atoms with van der Waals surface area (Å²) in [5.74, 6) is 0.667. The predicted octanol–water partition coefficient (Wildman–Crippen LogP) is 0.376. The molecule has 82 valence electrons. The minimum Gasteiger partial charge on any atom is -0.383 e. The molecule has 1 heterocycles. The smallest absolute Gasteiger partial charge is 0.221 e. The van der Waals surface area contributed by atoms with E-state index in [1.54, 1.807) is 6.20 Å². The zero-order valence-corrected chi connectivity index (χ0v) is 9.27. The zero-order chi connectivity index (χ0) is 8.97. The monoisotopic (exact) mass is 239 g/mol. The van der Waals surface area contributed by atoms with Crippen LogP contribution in [0.15, 0.2) is 6.20 Å². The van der Waals surface area contributed by atoms with E-state index < -0.39 is 0 Å². The largest absolute Gasteiger partial charge is 0.383 e. The van der Waals surface area contributed by atoms with E-state index in [1.807, 2.05) is 0 Å². The molecular formula is C7H15Cl2N5. The molecule has 6 N–H and O–H groups in total. The van der Waals surface area contributed by atoms with Crippen LogP contribution in [0.5, 0.6) is 0 Å². The van der Waals surface area contributed by atoms with Crippen LogP contribution < -0.4 is 17.2 Å². The molecule has 0 fully saturated rings. The number of nitrogens with zero attached hydrogens (tertiary/aromatic N) is 2. The fourth-order valence-corrected chi connectivity index (χ4v) is 0.919. The molecule has 7 heteroatoms. The van der Waals surface area contributed by atoms with Gasteiger partial charge in [-0.05, 0) is 19.4 Å². The second-order valence-corrected chi connectivity index (χ2v) is 2.53. The maximum atomic E-state index is 5.59. The minimum atomic E-state index is 0. The van der Waals surface area contributed by atoms with Gasteiger partial charge in [0.25, 0.3) is 0 Å². The molecule has 1 aromatic heterocycles. The molecule has 0 spiro atoms. The predicted molar refractivity (Wildman–Crippen MR) is 62.7 cm³/mol. The summed E-state index contributed by atoms with van der Waals surface area (Å²) in [5.41, 5.74) is 17.2. The summed E-state index contributed by atoms with van der Waals surface area (Å²) in [5, 5.41) is 0. The lowest BCUT2D eigenvalue weighted by molar-refractivity contribution is 0.826. The molecule has 0 aliphatic heterocycles. The van der Waals surface area contributed by atoms with Crippen molar-refractivity contribution < 1.29 is 0 Å². The van der Waals surface area contributed by atoms with E-state index >= 15 is 0 Å². The average molecular weight is 240 g/mol. The van der Waals surface area contributed by atoms with Crippen molar-refractivity contribution >= 4 is 36.6 Å². The summed E-state index contributed by atoms with van der Waals surface area (Å²) in [7, 11) is 0. The van der Waals surface area contributed by atoms with Gasteiger partial charge in [0.05, 0.1) is 0 Å². The van der Waals surface area contributed by atoms with Crippen LogP contribution in [0.3, 0.4) is 0 Å². The molecule has 1 aromatic rings. The Morgan fingerprint density at radius 1 is 1.21 bits per heavy atom. The Labute approximate surface area is 95.3 Å². The van der Waals surface area contributed by atoms with E-state index in [0.717, 1.165) is 18.4 Å². The normalized spacial score (nSPS) is 8.64. The SMILES string of the molecule is Cl.Cl.NCCCc1cnc(N)nc1N. The van der Waals surface area contributed by atoms with Crippen molar-refractivity contribution in [2.24, 2.45) is 5.73 Å². The standard InChI is InChI=1S/C7H13N5.2ClH/c8-3-1-2-5-4-11-7(10)12-6(5)9;;/h4H,1-3,8H2,(H4,9,10,11,12);2*1H. The molecule has 0 aliphatic rings. The Morgan fingerprint density at radius 3 is 2.36 bits per heavy atom. The molecule has 0 unspecified atom stereocenters. The Balaban J connectivity index is 0. The first-order valence-corrected chi connectivity index (χ1v) is 3.81. The number of anilines is 2. The third kappa shape index (κ3) is 4.45.